The van der Waals surface area contributed by atoms with Gasteiger partial charge in [-0.05, 0) is 66.6 Å². The monoisotopic (exact) mass is 373 g/mol. The maximum atomic E-state index is 13.5. The van der Waals surface area contributed by atoms with E-state index < -0.39 is 5.82 Å². The van der Waals surface area contributed by atoms with E-state index in [-0.39, 0.29) is 11.5 Å². The van der Waals surface area contributed by atoms with E-state index >= 15 is 0 Å². The van der Waals surface area contributed by atoms with E-state index in [4.69, 9.17) is 16.6 Å². The molecule has 3 aromatic rings. The first kappa shape index (κ1) is 19.1. The molecule has 0 aliphatic rings. The molecule has 6 heteroatoms. The average Bonchev–Trinajstić information content (AvgIpc) is 2.65. The number of aliphatic imine (C=N–C) groups is 1. The van der Waals surface area contributed by atoms with Crippen LogP contribution in [0.4, 0.5) is 4.39 Å². The van der Waals surface area contributed by atoms with Gasteiger partial charge in [-0.1, -0.05) is 12.1 Å². The number of rotatable bonds is 5. The van der Waals surface area contributed by atoms with Gasteiger partial charge in [-0.15, -0.1) is 0 Å². The molecule has 0 fully saturated rings. The van der Waals surface area contributed by atoms with Crippen molar-refractivity contribution in [3.63, 3.8) is 0 Å². The fourth-order valence-corrected chi connectivity index (χ4v) is 2.83. The second-order valence-electron chi connectivity index (χ2n) is 6.46. The van der Waals surface area contributed by atoms with Crippen LogP contribution in [-0.4, -0.2) is 22.4 Å². The molecule has 0 unspecified atom stereocenters. The summed E-state index contributed by atoms with van der Waals surface area (Å²) in [5, 5.41) is 17.0. The Hall–Kier alpha value is -3.67. The average molecular weight is 373 g/mol. The first-order valence-electron chi connectivity index (χ1n) is 8.70. The highest BCUT2D eigenvalue weighted by Crippen LogP contribution is 2.14. The van der Waals surface area contributed by atoms with Crippen LogP contribution in [0.5, 0.6) is 0 Å². The number of pyridine rings is 1. The summed E-state index contributed by atoms with van der Waals surface area (Å²) in [4.78, 5) is 8.34. The molecular formula is C22H20FN5. The van der Waals surface area contributed by atoms with Crippen LogP contribution in [0.25, 0.3) is 10.9 Å². The summed E-state index contributed by atoms with van der Waals surface area (Å²) in [6.07, 6.45) is 4.94. The van der Waals surface area contributed by atoms with E-state index in [1.54, 1.807) is 19.2 Å². The number of nitrogens with two attached hydrogens (primary N) is 1. The Morgan fingerprint density at radius 3 is 2.75 bits per heavy atom. The van der Waals surface area contributed by atoms with Gasteiger partial charge in [-0.2, -0.15) is 0 Å². The van der Waals surface area contributed by atoms with Gasteiger partial charge in [0.2, 0.25) is 0 Å². The van der Waals surface area contributed by atoms with Crippen LogP contribution in [0.1, 0.15) is 16.7 Å². The van der Waals surface area contributed by atoms with E-state index in [0.29, 0.717) is 17.8 Å². The largest absolute Gasteiger partial charge is 0.387 e. The first-order chi connectivity index (χ1) is 13.4. The van der Waals surface area contributed by atoms with Crippen molar-refractivity contribution in [3.8, 4) is 0 Å². The Balaban J connectivity index is 1.67. The van der Waals surface area contributed by atoms with Crippen LogP contribution in [0, 0.1) is 23.6 Å². The summed E-state index contributed by atoms with van der Waals surface area (Å²) in [5.41, 5.74) is 9.12. The number of benzene rings is 2. The number of hydrogen-bond acceptors (Lipinski definition) is 3. The number of aromatic nitrogens is 1. The lowest BCUT2D eigenvalue weighted by molar-refractivity contribution is 0.626. The predicted octanol–water partition coefficient (Wildman–Crippen LogP) is 4.18. The van der Waals surface area contributed by atoms with Crippen molar-refractivity contribution in [2.24, 2.45) is 10.7 Å². The zero-order valence-electron chi connectivity index (χ0n) is 15.4. The van der Waals surface area contributed by atoms with Crippen LogP contribution in [0.3, 0.4) is 0 Å². The van der Waals surface area contributed by atoms with Crippen molar-refractivity contribution >= 4 is 28.3 Å². The highest BCUT2D eigenvalue weighted by atomic mass is 19.1. The summed E-state index contributed by atoms with van der Waals surface area (Å²) >= 11 is 0. The van der Waals surface area contributed by atoms with Crippen molar-refractivity contribution in [2.45, 2.75) is 13.3 Å². The number of allylic oxidation sites excluding steroid dienone is 1. The fourth-order valence-electron chi connectivity index (χ4n) is 2.83. The second kappa shape index (κ2) is 8.35. The number of nitrogens with zero attached hydrogens (tertiary/aromatic N) is 2. The van der Waals surface area contributed by atoms with Crippen LogP contribution in [-0.2, 0) is 6.42 Å². The molecule has 1 aromatic heterocycles. The zero-order chi connectivity index (χ0) is 20.1. The summed E-state index contributed by atoms with van der Waals surface area (Å²) in [7, 11) is 0. The van der Waals surface area contributed by atoms with Crippen molar-refractivity contribution in [1.82, 2.24) is 4.98 Å². The molecule has 0 aliphatic heterocycles. The topological polar surface area (TPSA) is 99.0 Å². The summed E-state index contributed by atoms with van der Waals surface area (Å²) in [6, 6.07) is 14.1. The molecule has 4 N–H and O–H groups in total. The van der Waals surface area contributed by atoms with Crippen molar-refractivity contribution in [3.05, 3.63) is 89.4 Å². The highest BCUT2D eigenvalue weighted by Gasteiger charge is 2.03. The standard InChI is InChI=1S/C22H20FN5/c1-14-9-17(13-18(23)10-14)19(24)5-7-21(25)28-22(26)12-15-4-6-20-16(11-15)3-2-8-27-20/h2-11,13,24H,12H2,1H3,(H3,25,26,28)/b7-5-,24-19?. The molecule has 0 spiro atoms. The SMILES string of the molecule is Cc1cc(F)cc(C(=N)/C=C\C(=N)N=C(N)Cc2ccc3ncccc3c2)c1. The van der Waals surface area contributed by atoms with Gasteiger partial charge in [0, 0.05) is 23.6 Å². The molecular weight excluding hydrogens is 353 g/mol. The van der Waals surface area contributed by atoms with Gasteiger partial charge in [0.25, 0.3) is 0 Å². The lowest BCUT2D eigenvalue weighted by atomic mass is 10.1. The number of amidine groups is 2. The van der Waals surface area contributed by atoms with E-state index in [1.807, 2.05) is 30.3 Å². The van der Waals surface area contributed by atoms with Crippen LogP contribution in [0.2, 0.25) is 0 Å². The van der Waals surface area contributed by atoms with E-state index in [9.17, 15) is 4.39 Å². The quantitative estimate of drug-likeness (QED) is 0.462. The molecule has 0 aliphatic carbocycles. The maximum absolute atomic E-state index is 13.5. The first-order valence-corrected chi connectivity index (χ1v) is 8.70. The number of fused-ring (bicyclic) bond motifs is 1. The van der Waals surface area contributed by atoms with E-state index in [1.165, 1.54) is 24.3 Å². The van der Waals surface area contributed by atoms with Crippen molar-refractivity contribution in [1.29, 1.82) is 10.8 Å². The molecule has 140 valence electrons. The normalized spacial score (nSPS) is 11.9. The fraction of sp³-hybridized carbons (Fsp3) is 0.0909. The number of halogens is 1. The third kappa shape index (κ3) is 4.94. The Morgan fingerprint density at radius 2 is 1.96 bits per heavy atom. The number of hydrogen-bond donors (Lipinski definition) is 3. The van der Waals surface area contributed by atoms with Gasteiger partial charge in [0.05, 0.1) is 11.2 Å². The summed E-state index contributed by atoms with van der Waals surface area (Å²) in [6.45, 7) is 1.76. The van der Waals surface area contributed by atoms with Crippen LogP contribution in [0.15, 0.2) is 71.9 Å². The van der Waals surface area contributed by atoms with Crippen molar-refractivity contribution < 1.29 is 4.39 Å². The molecule has 0 bridgehead atoms. The Bertz CT molecular complexity index is 1090. The van der Waals surface area contributed by atoms with Crippen LogP contribution >= 0.6 is 0 Å². The van der Waals surface area contributed by atoms with Gasteiger partial charge in [0.15, 0.2) is 0 Å². The van der Waals surface area contributed by atoms with Gasteiger partial charge >= 0.3 is 0 Å². The molecule has 0 atom stereocenters. The minimum atomic E-state index is -0.393. The molecule has 2 aromatic carbocycles. The molecule has 0 saturated carbocycles. The Morgan fingerprint density at radius 1 is 1.14 bits per heavy atom. The van der Waals surface area contributed by atoms with Gasteiger partial charge < -0.3 is 11.1 Å². The number of nitrogens with one attached hydrogen (secondary N) is 2. The van der Waals surface area contributed by atoms with Crippen molar-refractivity contribution in [2.75, 3.05) is 0 Å². The maximum Gasteiger partial charge on any atom is 0.146 e. The molecule has 1 heterocycles. The zero-order valence-corrected chi connectivity index (χ0v) is 15.4. The minimum Gasteiger partial charge on any atom is -0.387 e. The third-order valence-electron chi connectivity index (χ3n) is 4.08. The van der Waals surface area contributed by atoms with E-state index in [0.717, 1.165) is 22.0 Å². The smallest absolute Gasteiger partial charge is 0.146 e. The molecule has 0 saturated heterocycles. The lowest BCUT2D eigenvalue weighted by Crippen LogP contribution is -2.16. The second-order valence-corrected chi connectivity index (χ2v) is 6.46. The molecule has 0 amide bonds. The molecule has 3 rings (SSSR count). The molecule has 0 radical (unpaired) electrons. The summed E-state index contributed by atoms with van der Waals surface area (Å²) < 4.78 is 13.5. The van der Waals surface area contributed by atoms with Gasteiger partial charge in [0.1, 0.15) is 17.5 Å². The minimum absolute atomic E-state index is 0.0715. The highest BCUT2D eigenvalue weighted by molar-refractivity contribution is 6.11. The van der Waals surface area contributed by atoms with Gasteiger partial charge in [-0.25, -0.2) is 9.38 Å². The lowest BCUT2D eigenvalue weighted by Gasteiger charge is -2.04. The Labute approximate surface area is 162 Å². The van der Waals surface area contributed by atoms with Gasteiger partial charge in [-0.3, -0.25) is 10.4 Å². The molecule has 5 nitrogen and oxygen atoms in total. The van der Waals surface area contributed by atoms with Crippen LogP contribution < -0.4 is 5.73 Å². The Kier molecular flexibility index (Phi) is 5.69. The number of aryl methyl sites for hydroxylation is 1. The predicted molar refractivity (Wildman–Crippen MR) is 112 cm³/mol. The van der Waals surface area contributed by atoms with E-state index in [2.05, 4.69) is 9.98 Å². The molecule has 28 heavy (non-hydrogen) atoms. The summed E-state index contributed by atoms with van der Waals surface area (Å²) in [5.74, 6) is -0.167. The third-order valence-corrected chi connectivity index (χ3v) is 4.08.